The molecular formula is C27H26N6O3S. The first-order valence-corrected chi connectivity index (χ1v) is 13.2. The molecule has 0 aliphatic rings. The molecule has 5 aromatic rings. The van der Waals surface area contributed by atoms with Crippen LogP contribution >= 0.6 is 0 Å². The van der Waals surface area contributed by atoms with Crippen molar-refractivity contribution in [2.75, 3.05) is 12.5 Å². The summed E-state index contributed by atoms with van der Waals surface area (Å²) < 4.78 is 11.9. The molecule has 10 heteroatoms. The van der Waals surface area contributed by atoms with Gasteiger partial charge in [-0.3, -0.25) is 14.5 Å². The number of carbonyl (C=O) groups excluding carboxylic acids is 1. The summed E-state index contributed by atoms with van der Waals surface area (Å²) in [6.07, 6.45) is 9.32. The van der Waals surface area contributed by atoms with Crippen LogP contribution in [0.2, 0.25) is 0 Å². The summed E-state index contributed by atoms with van der Waals surface area (Å²) in [5.74, 6) is 0.749. The molecule has 3 heterocycles. The summed E-state index contributed by atoms with van der Waals surface area (Å²) in [6.45, 7) is 0.125. The second-order valence-corrected chi connectivity index (χ2v) is 10.0. The maximum absolute atomic E-state index is 12.7. The molecule has 0 aliphatic heterocycles. The summed E-state index contributed by atoms with van der Waals surface area (Å²) in [7, 11) is 1.52. The fourth-order valence-corrected chi connectivity index (χ4v) is 4.28. The zero-order chi connectivity index (χ0) is 25.1. The van der Waals surface area contributed by atoms with Crippen LogP contribution < -0.4 is 4.74 Å². The Hall–Kier alpha value is -4.28. The number of para-hydroxylation sites is 1. The number of hydrogen-bond acceptors (Lipinski definition) is 6. The minimum atomic E-state index is -0.386. The van der Waals surface area contributed by atoms with Gasteiger partial charge >= 0.3 is 5.91 Å². The molecule has 0 aliphatic carbocycles. The van der Waals surface area contributed by atoms with E-state index in [2.05, 4.69) is 24.4 Å². The van der Waals surface area contributed by atoms with Crippen molar-refractivity contribution >= 4 is 27.5 Å². The number of aromatic nitrogens is 5. The molecule has 0 bridgehead atoms. The van der Waals surface area contributed by atoms with E-state index in [0.717, 1.165) is 22.4 Å². The largest absolute Gasteiger partial charge is 0.486 e. The highest BCUT2D eigenvalue weighted by molar-refractivity contribution is 7.86. The van der Waals surface area contributed by atoms with Gasteiger partial charge in [0.25, 0.3) is 0 Å². The van der Waals surface area contributed by atoms with E-state index in [0.29, 0.717) is 28.2 Å². The van der Waals surface area contributed by atoms with Crippen LogP contribution in [0.15, 0.2) is 83.6 Å². The Morgan fingerprint density at radius 3 is 2.43 bits per heavy atom. The molecule has 9 nitrogen and oxygen atoms in total. The molecule has 0 atom stereocenters. The number of benzene rings is 2. The molecule has 0 fully saturated rings. The molecule has 0 radical (unpaired) electrons. The number of fused-ring (bicyclic) bond motifs is 1. The number of hydrogen-bond donors (Lipinski definition) is 0. The van der Waals surface area contributed by atoms with Crippen LogP contribution in [0.25, 0.3) is 33.3 Å². The van der Waals surface area contributed by atoms with Gasteiger partial charge in [-0.2, -0.15) is 9.46 Å². The fraction of sp³-hybridized carbons (Fsp3) is 0.148. The van der Waals surface area contributed by atoms with Gasteiger partial charge in [0.2, 0.25) is 0 Å². The lowest BCUT2D eigenvalue weighted by molar-refractivity contribution is 0.100. The monoisotopic (exact) mass is 514 g/mol. The van der Waals surface area contributed by atoms with Gasteiger partial charge < -0.3 is 10.2 Å². The van der Waals surface area contributed by atoms with Crippen molar-refractivity contribution in [1.82, 2.24) is 24.7 Å². The first kappa shape index (κ1) is 25.8. The van der Waals surface area contributed by atoms with E-state index in [1.165, 1.54) is 0 Å². The van der Waals surface area contributed by atoms with Gasteiger partial charge in [0, 0.05) is 42.2 Å². The van der Waals surface area contributed by atoms with Crippen molar-refractivity contribution in [3.05, 3.63) is 90.8 Å². The number of nitrogens with zero attached hydrogens (tertiary/aromatic N) is 6. The number of rotatable bonds is 6. The minimum Gasteiger partial charge on any atom is -0.486 e. The fourth-order valence-electron chi connectivity index (χ4n) is 3.86. The van der Waals surface area contributed by atoms with Gasteiger partial charge in [0.05, 0.1) is 5.52 Å². The van der Waals surface area contributed by atoms with Gasteiger partial charge in [-0.1, -0.05) is 28.9 Å². The lowest BCUT2D eigenvalue weighted by Gasteiger charge is -2.09. The van der Waals surface area contributed by atoms with E-state index in [-0.39, 0.29) is 28.7 Å². The van der Waals surface area contributed by atoms with E-state index in [9.17, 15) is 4.79 Å². The first-order chi connectivity index (χ1) is 17.5. The molecule has 2 N–H and O–H groups in total. The first-order valence-electron chi connectivity index (χ1n) is 11.2. The standard InChI is InChI=1S/C27H24N6O2S.H2O/c1-33-16-22(18-12-14-28-15-13-18)25(31-33)19-8-10-20(11-9-19)35-17-24-29-23-7-5-4-6-21(23)26(30-24)27(34)32-36(2)3;/h4-16H,17H2,1-3H3;1H2. The van der Waals surface area contributed by atoms with Crippen LogP contribution in [0.4, 0.5) is 0 Å². The zero-order valence-electron chi connectivity index (χ0n) is 20.6. The van der Waals surface area contributed by atoms with E-state index < -0.39 is 0 Å². The van der Waals surface area contributed by atoms with Crippen LogP contribution in [0.5, 0.6) is 5.75 Å². The van der Waals surface area contributed by atoms with Crippen molar-refractivity contribution in [3.63, 3.8) is 0 Å². The number of amides is 1. The Morgan fingerprint density at radius 2 is 1.70 bits per heavy atom. The maximum atomic E-state index is 12.7. The van der Waals surface area contributed by atoms with Crippen molar-refractivity contribution in [2.24, 2.45) is 11.4 Å². The predicted octanol–water partition coefficient (Wildman–Crippen LogP) is 4.05. The molecule has 2 aromatic carbocycles. The van der Waals surface area contributed by atoms with Gasteiger partial charge in [-0.15, -0.1) is 0 Å². The third-order valence-corrected chi connectivity index (χ3v) is 5.96. The van der Waals surface area contributed by atoms with Crippen LogP contribution in [0, 0.1) is 0 Å². The summed E-state index contributed by atoms with van der Waals surface area (Å²) in [4.78, 5) is 25.9. The van der Waals surface area contributed by atoms with Crippen LogP contribution in [-0.2, 0) is 24.3 Å². The molecule has 0 spiro atoms. The van der Waals surface area contributed by atoms with E-state index in [1.54, 1.807) is 17.1 Å². The second-order valence-electron chi connectivity index (χ2n) is 8.29. The number of ether oxygens (including phenoxy) is 1. The molecule has 188 valence electrons. The van der Waals surface area contributed by atoms with Gasteiger partial charge in [-0.05, 0) is 60.5 Å². The summed E-state index contributed by atoms with van der Waals surface area (Å²) >= 11 is 0. The smallest absolute Gasteiger partial charge is 0.302 e. The van der Waals surface area contributed by atoms with Gasteiger partial charge in [-0.25, -0.2) is 9.97 Å². The summed E-state index contributed by atoms with van der Waals surface area (Å²) in [5.41, 5.74) is 4.92. The van der Waals surface area contributed by atoms with E-state index in [4.69, 9.17) is 4.74 Å². The number of pyridine rings is 1. The Morgan fingerprint density at radius 1 is 0.973 bits per heavy atom. The number of aryl methyl sites for hydroxylation is 1. The predicted molar refractivity (Wildman–Crippen MR) is 145 cm³/mol. The Kier molecular flexibility index (Phi) is 7.80. The highest BCUT2D eigenvalue weighted by Gasteiger charge is 2.15. The van der Waals surface area contributed by atoms with E-state index in [1.807, 2.05) is 86.4 Å². The second kappa shape index (κ2) is 11.2. The van der Waals surface area contributed by atoms with Gasteiger partial charge in [0.15, 0.2) is 5.82 Å². The Labute approximate surface area is 216 Å². The topological polar surface area (TPSA) is 127 Å². The average Bonchev–Trinajstić information content (AvgIpc) is 3.29. The van der Waals surface area contributed by atoms with E-state index >= 15 is 0 Å². The third-order valence-electron chi connectivity index (χ3n) is 5.43. The highest BCUT2D eigenvalue weighted by atomic mass is 32.2. The lowest BCUT2D eigenvalue weighted by atomic mass is 10.0. The van der Waals surface area contributed by atoms with Crippen LogP contribution in [-0.4, -0.2) is 48.6 Å². The molecule has 5 rings (SSSR count). The number of carbonyl (C=O) groups is 1. The Bertz CT molecular complexity index is 1580. The van der Waals surface area contributed by atoms with Crippen molar-refractivity contribution < 1.29 is 15.0 Å². The SMILES string of the molecule is Cn1cc(-c2ccncc2)c(-c2ccc(OCc3nc(C(=O)N=S(C)C)c4ccccc4n3)cc2)n1.O. The average molecular weight is 515 g/mol. The quantitative estimate of drug-likeness (QED) is 0.336. The summed E-state index contributed by atoms with van der Waals surface area (Å²) in [6, 6.07) is 19.1. The van der Waals surface area contributed by atoms with Crippen molar-refractivity contribution in [1.29, 1.82) is 0 Å². The van der Waals surface area contributed by atoms with Crippen molar-refractivity contribution in [3.8, 4) is 28.1 Å². The molecular weight excluding hydrogens is 488 g/mol. The van der Waals surface area contributed by atoms with Crippen LogP contribution in [0.3, 0.4) is 0 Å². The third kappa shape index (κ3) is 5.76. The molecule has 0 saturated carbocycles. The normalized spacial score (nSPS) is 10.8. The van der Waals surface area contributed by atoms with Crippen molar-refractivity contribution in [2.45, 2.75) is 6.61 Å². The highest BCUT2D eigenvalue weighted by Crippen LogP contribution is 2.31. The Balaban J connectivity index is 0.00000320. The minimum absolute atomic E-state index is 0. The lowest BCUT2D eigenvalue weighted by Crippen LogP contribution is -2.09. The zero-order valence-corrected chi connectivity index (χ0v) is 21.4. The molecule has 0 saturated heterocycles. The molecule has 1 amide bonds. The summed E-state index contributed by atoms with van der Waals surface area (Å²) in [5, 5.41) is 5.34. The molecule has 3 aromatic heterocycles. The van der Waals surface area contributed by atoms with Gasteiger partial charge in [0.1, 0.15) is 23.7 Å². The maximum Gasteiger partial charge on any atom is 0.302 e. The van der Waals surface area contributed by atoms with Crippen LogP contribution in [0.1, 0.15) is 16.3 Å². The molecule has 0 unspecified atom stereocenters. The molecule has 37 heavy (non-hydrogen) atoms.